The lowest BCUT2D eigenvalue weighted by atomic mass is 10.0. The first-order valence-corrected chi connectivity index (χ1v) is 9.23. The van der Waals surface area contributed by atoms with Crippen molar-refractivity contribution in [1.29, 1.82) is 0 Å². The molecule has 0 fully saturated rings. The number of carbonyl (C=O) groups is 1. The van der Waals surface area contributed by atoms with Crippen LogP contribution in [0.3, 0.4) is 0 Å². The number of hydrogen-bond donors (Lipinski definition) is 1. The summed E-state index contributed by atoms with van der Waals surface area (Å²) >= 11 is 6.23. The molecular weight excluding hydrogens is 378 g/mol. The van der Waals surface area contributed by atoms with E-state index >= 15 is 0 Å². The Balaban J connectivity index is 1.53. The van der Waals surface area contributed by atoms with E-state index in [1.807, 2.05) is 47.4 Å². The standard InChI is InChI=1S/C19H16ClN7O/c1-26-17(18(20)23-25-26)9-16-12-4-2-3-5-13(12)19(28)27(16)10-11-6-7-14-15(8-11)22-24-21-14/h2-8,16H,9-10H2,1H3,(H,21,22,24). The number of nitrogens with zero attached hydrogens (tertiary/aromatic N) is 6. The third kappa shape index (κ3) is 2.65. The molecule has 0 spiro atoms. The summed E-state index contributed by atoms with van der Waals surface area (Å²) in [6, 6.07) is 13.4. The number of aryl methyl sites for hydroxylation is 1. The Labute approximate surface area is 165 Å². The molecule has 5 rings (SSSR count). The molecule has 140 valence electrons. The first-order valence-electron chi connectivity index (χ1n) is 8.85. The van der Waals surface area contributed by atoms with Gasteiger partial charge in [-0.25, -0.2) is 0 Å². The molecule has 2 aromatic heterocycles. The van der Waals surface area contributed by atoms with Gasteiger partial charge in [-0.05, 0) is 29.3 Å². The van der Waals surface area contributed by atoms with Crippen LogP contribution in [0.2, 0.25) is 5.15 Å². The van der Waals surface area contributed by atoms with Gasteiger partial charge in [0.05, 0.1) is 11.7 Å². The maximum Gasteiger partial charge on any atom is 0.255 e. The summed E-state index contributed by atoms with van der Waals surface area (Å²) < 4.78 is 1.66. The van der Waals surface area contributed by atoms with Gasteiger partial charge in [-0.15, -0.1) is 5.10 Å². The predicted molar refractivity (Wildman–Crippen MR) is 103 cm³/mol. The Morgan fingerprint density at radius 2 is 1.96 bits per heavy atom. The quantitative estimate of drug-likeness (QED) is 0.575. The molecule has 1 aliphatic heterocycles. The molecule has 1 unspecified atom stereocenters. The van der Waals surface area contributed by atoms with Crippen LogP contribution in [-0.2, 0) is 20.0 Å². The number of fused-ring (bicyclic) bond motifs is 2. The van der Waals surface area contributed by atoms with Crippen LogP contribution in [0.15, 0.2) is 42.5 Å². The Morgan fingerprint density at radius 3 is 2.79 bits per heavy atom. The zero-order valence-corrected chi connectivity index (χ0v) is 15.8. The number of amides is 1. The van der Waals surface area contributed by atoms with E-state index in [1.54, 1.807) is 11.7 Å². The van der Waals surface area contributed by atoms with E-state index in [-0.39, 0.29) is 11.9 Å². The second-order valence-electron chi connectivity index (χ2n) is 6.84. The van der Waals surface area contributed by atoms with Crippen molar-refractivity contribution in [2.45, 2.75) is 19.0 Å². The van der Waals surface area contributed by atoms with Gasteiger partial charge in [-0.2, -0.15) is 15.4 Å². The van der Waals surface area contributed by atoms with Crippen molar-refractivity contribution in [2.75, 3.05) is 0 Å². The monoisotopic (exact) mass is 393 g/mol. The molecule has 1 N–H and O–H groups in total. The molecule has 28 heavy (non-hydrogen) atoms. The average Bonchev–Trinajstić information content (AvgIpc) is 3.37. The SMILES string of the molecule is Cn1nnc(Cl)c1CC1c2ccccc2C(=O)N1Cc1ccc2n[nH]nc2c1. The fourth-order valence-corrected chi connectivity index (χ4v) is 4.01. The van der Waals surface area contributed by atoms with Crippen LogP contribution in [0, 0.1) is 0 Å². The van der Waals surface area contributed by atoms with Crippen molar-refractivity contribution < 1.29 is 4.79 Å². The fraction of sp³-hybridized carbons (Fsp3) is 0.211. The average molecular weight is 394 g/mol. The zero-order chi connectivity index (χ0) is 19.3. The van der Waals surface area contributed by atoms with Crippen molar-refractivity contribution >= 4 is 28.5 Å². The second-order valence-corrected chi connectivity index (χ2v) is 7.20. The Kier molecular flexibility index (Phi) is 3.87. The van der Waals surface area contributed by atoms with Crippen molar-refractivity contribution in [1.82, 2.24) is 35.3 Å². The van der Waals surface area contributed by atoms with Gasteiger partial charge in [0.1, 0.15) is 11.0 Å². The summed E-state index contributed by atoms with van der Waals surface area (Å²) in [5, 5.41) is 19.1. The first kappa shape index (κ1) is 16.9. The highest BCUT2D eigenvalue weighted by molar-refractivity contribution is 6.30. The van der Waals surface area contributed by atoms with Crippen LogP contribution in [-0.4, -0.2) is 41.2 Å². The van der Waals surface area contributed by atoms with Crippen LogP contribution in [0.25, 0.3) is 11.0 Å². The molecular formula is C19H16ClN7O. The molecule has 0 radical (unpaired) electrons. The van der Waals surface area contributed by atoms with Gasteiger partial charge >= 0.3 is 0 Å². The smallest absolute Gasteiger partial charge is 0.255 e. The summed E-state index contributed by atoms with van der Waals surface area (Å²) in [6.45, 7) is 0.462. The molecule has 0 aliphatic carbocycles. The highest BCUT2D eigenvalue weighted by atomic mass is 35.5. The fourth-order valence-electron chi connectivity index (χ4n) is 3.78. The molecule has 3 heterocycles. The van der Waals surface area contributed by atoms with E-state index in [0.29, 0.717) is 18.1 Å². The van der Waals surface area contributed by atoms with Crippen LogP contribution in [0.4, 0.5) is 0 Å². The van der Waals surface area contributed by atoms with Gasteiger partial charge in [-0.1, -0.05) is 41.1 Å². The molecule has 2 aromatic carbocycles. The van der Waals surface area contributed by atoms with Crippen LogP contribution >= 0.6 is 11.6 Å². The maximum absolute atomic E-state index is 13.1. The summed E-state index contributed by atoms with van der Waals surface area (Å²) in [5.41, 5.74) is 5.07. The minimum atomic E-state index is -0.147. The lowest BCUT2D eigenvalue weighted by molar-refractivity contribution is 0.0708. The highest BCUT2D eigenvalue weighted by Crippen LogP contribution is 2.37. The largest absolute Gasteiger partial charge is 0.327 e. The molecule has 0 saturated heterocycles. The number of halogens is 1. The summed E-state index contributed by atoms with van der Waals surface area (Å²) in [5.74, 6) is 0.00657. The van der Waals surface area contributed by atoms with E-state index in [2.05, 4.69) is 25.7 Å². The number of benzene rings is 2. The summed E-state index contributed by atoms with van der Waals surface area (Å²) in [7, 11) is 1.81. The van der Waals surface area contributed by atoms with Gasteiger partial charge in [0.2, 0.25) is 0 Å². The normalized spacial score (nSPS) is 16.1. The molecule has 8 nitrogen and oxygen atoms in total. The van der Waals surface area contributed by atoms with Gasteiger partial charge in [0, 0.05) is 25.6 Å². The van der Waals surface area contributed by atoms with E-state index in [0.717, 1.165) is 33.4 Å². The second kappa shape index (κ2) is 6.42. The predicted octanol–water partition coefficient (Wildman–Crippen LogP) is 2.68. The molecule has 1 aliphatic rings. The van der Waals surface area contributed by atoms with Crippen molar-refractivity contribution in [3.05, 3.63) is 70.0 Å². The zero-order valence-electron chi connectivity index (χ0n) is 15.0. The molecule has 4 aromatic rings. The van der Waals surface area contributed by atoms with Crippen molar-refractivity contribution in [3.8, 4) is 0 Å². The van der Waals surface area contributed by atoms with E-state index in [4.69, 9.17) is 11.6 Å². The number of aromatic amines is 1. The first-order chi connectivity index (χ1) is 13.6. The van der Waals surface area contributed by atoms with E-state index in [1.165, 1.54) is 0 Å². The maximum atomic E-state index is 13.1. The van der Waals surface area contributed by atoms with Crippen LogP contribution in [0.5, 0.6) is 0 Å². The topological polar surface area (TPSA) is 92.6 Å². The van der Waals surface area contributed by atoms with E-state index in [9.17, 15) is 4.79 Å². The van der Waals surface area contributed by atoms with E-state index < -0.39 is 0 Å². The molecule has 0 bridgehead atoms. The molecule has 1 amide bonds. The minimum absolute atomic E-state index is 0.00657. The van der Waals surface area contributed by atoms with Crippen molar-refractivity contribution in [3.63, 3.8) is 0 Å². The lowest BCUT2D eigenvalue weighted by Gasteiger charge is -2.25. The van der Waals surface area contributed by atoms with Gasteiger partial charge in [0.15, 0.2) is 5.15 Å². The third-order valence-corrected chi connectivity index (χ3v) is 5.50. The number of rotatable bonds is 4. The third-order valence-electron chi connectivity index (χ3n) is 5.20. The Bertz CT molecular complexity index is 1180. The lowest BCUT2D eigenvalue weighted by Crippen LogP contribution is -2.29. The van der Waals surface area contributed by atoms with Gasteiger partial charge < -0.3 is 4.90 Å². The molecule has 9 heteroatoms. The van der Waals surface area contributed by atoms with Gasteiger partial charge in [-0.3, -0.25) is 9.48 Å². The highest BCUT2D eigenvalue weighted by Gasteiger charge is 2.37. The van der Waals surface area contributed by atoms with Gasteiger partial charge in [0.25, 0.3) is 5.91 Å². The molecule has 0 saturated carbocycles. The summed E-state index contributed by atoms with van der Waals surface area (Å²) in [6.07, 6.45) is 0.539. The number of aromatic nitrogens is 6. The number of nitrogens with one attached hydrogen (secondary N) is 1. The van der Waals surface area contributed by atoms with Crippen molar-refractivity contribution in [2.24, 2.45) is 7.05 Å². The van der Waals surface area contributed by atoms with Crippen LogP contribution in [0.1, 0.15) is 33.2 Å². The summed E-state index contributed by atoms with van der Waals surface area (Å²) in [4.78, 5) is 15.0. The number of carbonyl (C=O) groups excluding carboxylic acids is 1. The minimum Gasteiger partial charge on any atom is -0.327 e. The Morgan fingerprint density at radius 1 is 1.14 bits per heavy atom. The number of hydrogen-bond acceptors (Lipinski definition) is 5. The number of H-pyrrole nitrogens is 1. The van der Waals surface area contributed by atoms with Crippen LogP contribution < -0.4 is 0 Å². The molecule has 1 atom stereocenters. The Hall–Kier alpha value is -3.26.